The Morgan fingerprint density at radius 2 is 2.06 bits per heavy atom. The van der Waals surface area contributed by atoms with Gasteiger partial charge in [0.25, 0.3) is 11.6 Å². The van der Waals surface area contributed by atoms with Crippen LogP contribution in [-0.2, 0) is 4.79 Å². The number of thiophene rings is 1. The zero-order chi connectivity index (χ0) is 22.5. The Labute approximate surface area is 187 Å². The number of amides is 1. The van der Waals surface area contributed by atoms with Crippen molar-refractivity contribution < 1.29 is 29.1 Å². The Bertz CT molecular complexity index is 1210. The first-order valence-electron chi connectivity index (χ1n) is 8.52. The van der Waals surface area contributed by atoms with E-state index in [1.54, 1.807) is 18.2 Å². The fraction of sp³-hybridized carbons (Fsp3) is 0.105. The summed E-state index contributed by atoms with van der Waals surface area (Å²) in [6.07, 6.45) is 1.38. The van der Waals surface area contributed by atoms with E-state index in [0.717, 1.165) is 4.70 Å². The summed E-state index contributed by atoms with van der Waals surface area (Å²) in [5.41, 5.74) is 2.90. The first-order chi connectivity index (χ1) is 14.8. The first-order valence-corrected chi connectivity index (χ1v) is 10.1. The third-order valence-corrected chi connectivity index (χ3v) is 5.74. The SMILES string of the molecule is COc1cc(/C=N\NC(=O)c2cc3cc([N+](=O)[O-])ccc3s2)c(Br)cc1OCC(=O)O. The summed E-state index contributed by atoms with van der Waals surface area (Å²) in [6, 6.07) is 9.04. The van der Waals surface area contributed by atoms with Gasteiger partial charge in [0.05, 0.1) is 23.1 Å². The van der Waals surface area contributed by atoms with Gasteiger partial charge in [-0.25, -0.2) is 10.2 Å². The van der Waals surface area contributed by atoms with Crippen LogP contribution in [-0.4, -0.2) is 41.8 Å². The van der Waals surface area contributed by atoms with Gasteiger partial charge in [-0.1, -0.05) is 0 Å². The molecule has 0 fully saturated rings. The molecule has 0 saturated heterocycles. The molecule has 1 aromatic heterocycles. The summed E-state index contributed by atoms with van der Waals surface area (Å²) in [5.74, 6) is -1.06. The van der Waals surface area contributed by atoms with Crippen LogP contribution in [0.1, 0.15) is 15.2 Å². The zero-order valence-electron chi connectivity index (χ0n) is 15.8. The molecule has 0 radical (unpaired) electrons. The van der Waals surface area contributed by atoms with Crippen molar-refractivity contribution in [1.29, 1.82) is 0 Å². The maximum atomic E-state index is 12.4. The van der Waals surface area contributed by atoms with Crippen molar-refractivity contribution in [1.82, 2.24) is 5.43 Å². The lowest BCUT2D eigenvalue weighted by molar-refractivity contribution is -0.384. The lowest BCUT2D eigenvalue weighted by atomic mass is 10.2. The smallest absolute Gasteiger partial charge is 0.341 e. The van der Waals surface area contributed by atoms with Crippen molar-refractivity contribution in [2.45, 2.75) is 0 Å². The number of rotatable bonds is 8. The molecule has 160 valence electrons. The van der Waals surface area contributed by atoms with Gasteiger partial charge in [-0.3, -0.25) is 14.9 Å². The van der Waals surface area contributed by atoms with Crippen LogP contribution in [0.4, 0.5) is 5.69 Å². The highest BCUT2D eigenvalue weighted by atomic mass is 79.9. The lowest BCUT2D eigenvalue weighted by Crippen LogP contribution is -2.16. The Hall–Kier alpha value is -3.51. The average molecular weight is 508 g/mol. The van der Waals surface area contributed by atoms with Crippen LogP contribution in [0.3, 0.4) is 0 Å². The molecule has 3 aromatic rings. The number of non-ortho nitro benzene ring substituents is 1. The quantitative estimate of drug-likeness (QED) is 0.268. The lowest BCUT2D eigenvalue weighted by Gasteiger charge is -2.11. The van der Waals surface area contributed by atoms with Crippen molar-refractivity contribution >= 4 is 61.1 Å². The summed E-state index contributed by atoms with van der Waals surface area (Å²) in [5, 5.41) is 24.1. The Morgan fingerprint density at radius 3 is 2.74 bits per heavy atom. The van der Waals surface area contributed by atoms with Crippen LogP contribution in [0.15, 0.2) is 46.0 Å². The molecule has 0 atom stereocenters. The van der Waals surface area contributed by atoms with Gasteiger partial charge in [-0.05, 0) is 40.2 Å². The standard InChI is InChI=1S/C19H14BrN3O7S/c1-29-14-5-11(13(20)7-15(14)30-9-18(24)25)8-21-22-19(26)17-6-10-4-12(23(27)28)2-3-16(10)31-17/h2-8H,9H2,1H3,(H,22,26)(H,24,25)/b21-8-. The van der Waals surface area contributed by atoms with E-state index in [1.807, 2.05) is 0 Å². The van der Waals surface area contributed by atoms with Crippen LogP contribution in [0.2, 0.25) is 0 Å². The van der Waals surface area contributed by atoms with Gasteiger partial charge in [0, 0.05) is 32.3 Å². The number of halogens is 1. The number of carboxylic acids is 1. The highest BCUT2D eigenvalue weighted by Gasteiger charge is 2.14. The summed E-state index contributed by atoms with van der Waals surface area (Å²) < 4.78 is 11.6. The van der Waals surface area contributed by atoms with Crippen molar-refractivity contribution in [2.24, 2.45) is 5.10 Å². The molecule has 0 aliphatic heterocycles. The van der Waals surface area contributed by atoms with Gasteiger partial charge in [-0.2, -0.15) is 5.10 Å². The van der Waals surface area contributed by atoms with E-state index in [-0.39, 0.29) is 11.4 Å². The number of carboxylic acid groups (broad SMARTS) is 1. The average Bonchev–Trinajstić information content (AvgIpc) is 3.16. The molecule has 12 heteroatoms. The van der Waals surface area contributed by atoms with Crippen LogP contribution < -0.4 is 14.9 Å². The van der Waals surface area contributed by atoms with Gasteiger partial charge in [0.15, 0.2) is 18.1 Å². The Balaban J connectivity index is 1.73. The number of hydrazone groups is 1. The molecule has 1 heterocycles. The van der Waals surface area contributed by atoms with Gasteiger partial charge in [0.2, 0.25) is 0 Å². The molecular formula is C19H14BrN3O7S. The van der Waals surface area contributed by atoms with Crippen molar-refractivity contribution in [3.63, 3.8) is 0 Å². The zero-order valence-corrected chi connectivity index (χ0v) is 18.2. The van der Waals surface area contributed by atoms with Crippen molar-refractivity contribution in [3.8, 4) is 11.5 Å². The predicted molar refractivity (Wildman–Crippen MR) is 117 cm³/mol. The minimum Gasteiger partial charge on any atom is -0.493 e. The van der Waals surface area contributed by atoms with E-state index >= 15 is 0 Å². The fourth-order valence-corrected chi connectivity index (χ4v) is 3.89. The molecule has 0 aliphatic rings. The normalized spacial score (nSPS) is 10.9. The van der Waals surface area contributed by atoms with Crippen LogP contribution >= 0.6 is 27.3 Å². The third-order valence-electron chi connectivity index (χ3n) is 3.94. The minimum atomic E-state index is -1.12. The molecule has 10 nitrogen and oxygen atoms in total. The highest BCUT2D eigenvalue weighted by molar-refractivity contribution is 9.10. The van der Waals surface area contributed by atoms with E-state index in [2.05, 4.69) is 26.5 Å². The molecule has 31 heavy (non-hydrogen) atoms. The second kappa shape index (κ2) is 9.53. The number of carbonyl (C=O) groups excluding carboxylic acids is 1. The summed E-state index contributed by atoms with van der Waals surface area (Å²) in [6.45, 7) is -0.523. The molecule has 0 bridgehead atoms. The monoisotopic (exact) mass is 507 g/mol. The molecule has 2 aromatic carbocycles. The topological polar surface area (TPSA) is 140 Å². The van der Waals surface area contributed by atoms with Crippen LogP contribution in [0.25, 0.3) is 10.1 Å². The van der Waals surface area contributed by atoms with E-state index in [1.165, 1.54) is 42.9 Å². The van der Waals surface area contributed by atoms with Crippen molar-refractivity contribution in [3.05, 3.63) is 61.4 Å². The number of nitrogens with zero attached hydrogens (tertiary/aromatic N) is 2. The second-order valence-corrected chi connectivity index (χ2v) is 7.93. The number of hydrogen-bond donors (Lipinski definition) is 2. The number of nitro benzene ring substituents is 1. The number of hydrogen-bond acceptors (Lipinski definition) is 8. The highest BCUT2D eigenvalue weighted by Crippen LogP contribution is 2.33. The molecule has 3 rings (SSSR count). The van der Waals surface area contributed by atoms with Crippen LogP contribution in [0, 0.1) is 10.1 Å². The third kappa shape index (κ3) is 5.35. The van der Waals surface area contributed by atoms with Gasteiger partial charge in [0.1, 0.15) is 0 Å². The predicted octanol–water partition coefficient (Wildman–Crippen LogP) is 3.81. The van der Waals surface area contributed by atoms with E-state index in [9.17, 15) is 19.7 Å². The van der Waals surface area contributed by atoms with E-state index in [4.69, 9.17) is 14.6 Å². The van der Waals surface area contributed by atoms with Crippen molar-refractivity contribution in [2.75, 3.05) is 13.7 Å². The first kappa shape index (κ1) is 22.2. The summed E-state index contributed by atoms with van der Waals surface area (Å²) >= 11 is 4.52. The van der Waals surface area contributed by atoms with Gasteiger partial charge >= 0.3 is 5.97 Å². The largest absolute Gasteiger partial charge is 0.493 e. The van der Waals surface area contributed by atoms with Crippen LogP contribution in [0.5, 0.6) is 11.5 Å². The number of nitro groups is 1. The maximum absolute atomic E-state index is 12.4. The molecule has 0 saturated carbocycles. The van der Waals surface area contributed by atoms with Gasteiger partial charge < -0.3 is 14.6 Å². The number of ether oxygens (including phenoxy) is 2. The molecule has 0 spiro atoms. The number of methoxy groups -OCH3 is 1. The molecule has 0 aliphatic carbocycles. The number of nitrogens with one attached hydrogen (secondary N) is 1. The number of fused-ring (bicyclic) bond motifs is 1. The minimum absolute atomic E-state index is 0.0511. The van der Waals surface area contributed by atoms with E-state index in [0.29, 0.717) is 26.0 Å². The second-order valence-electron chi connectivity index (χ2n) is 6.00. The number of benzene rings is 2. The molecular weight excluding hydrogens is 494 g/mol. The molecule has 1 amide bonds. The summed E-state index contributed by atoms with van der Waals surface area (Å²) in [7, 11) is 1.41. The molecule has 2 N–H and O–H groups in total. The van der Waals surface area contributed by atoms with E-state index < -0.39 is 23.4 Å². The number of aliphatic carboxylic acids is 1. The van der Waals surface area contributed by atoms with Gasteiger partial charge in [-0.15, -0.1) is 11.3 Å². The number of carbonyl (C=O) groups is 2. The Kier molecular flexibility index (Phi) is 6.82. The maximum Gasteiger partial charge on any atom is 0.341 e. The molecule has 0 unspecified atom stereocenters. The Morgan fingerprint density at radius 1 is 1.29 bits per heavy atom. The summed E-state index contributed by atoms with van der Waals surface area (Å²) in [4.78, 5) is 33.8. The fourth-order valence-electron chi connectivity index (χ4n) is 2.53.